The van der Waals surface area contributed by atoms with Crippen LogP contribution in [0.5, 0.6) is 0 Å². The van der Waals surface area contributed by atoms with Gasteiger partial charge in [0.1, 0.15) is 0 Å². The lowest BCUT2D eigenvalue weighted by Crippen LogP contribution is -2.19. The molecule has 0 bridgehead atoms. The lowest BCUT2D eigenvalue weighted by Gasteiger charge is -2.19. The molecule has 1 aromatic heterocycles. The van der Waals surface area contributed by atoms with E-state index in [2.05, 4.69) is 73.3 Å². The van der Waals surface area contributed by atoms with Gasteiger partial charge in [-0.3, -0.25) is 4.98 Å². The molecule has 0 aliphatic carbocycles. The van der Waals surface area contributed by atoms with Crippen molar-refractivity contribution in [3.8, 4) is 0 Å². The van der Waals surface area contributed by atoms with E-state index in [4.69, 9.17) is 0 Å². The Hall–Kier alpha value is -0.710. The number of pyridine rings is 1. The van der Waals surface area contributed by atoms with E-state index in [0.29, 0.717) is 0 Å². The van der Waals surface area contributed by atoms with Gasteiger partial charge in [-0.2, -0.15) is 0 Å². The van der Waals surface area contributed by atoms with Crippen LogP contribution in [0.4, 0.5) is 0 Å². The summed E-state index contributed by atoms with van der Waals surface area (Å²) in [6.07, 6.45) is 4.63. The van der Waals surface area contributed by atoms with Gasteiger partial charge in [-0.25, -0.2) is 0 Å². The van der Waals surface area contributed by atoms with Crippen molar-refractivity contribution >= 4 is 31.9 Å². The molecule has 0 radical (unpaired) electrons. The second kappa shape index (κ2) is 6.64. The summed E-state index contributed by atoms with van der Waals surface area (Å²) in [6, 6.07) is 8.75. The minimum absolute atomic E-state index is 0.269. The quantitative estimate of drug-likeness (QED) is 0.845. The third-order valence-electron chi connectivity index (χ3n) is 3.15. The third kappa shape index (κ3) is 3.65. The first kappa shape index (κ1) is 14.7. The highest BCUT2D eigenvalue weighted by molar-refractivity contribution is 9.10. The molecule has 1 heterocycles. The predicted octanol–water partition coefficient (Wildman–Crippen LogP) is 4.42. The van der Waals surface area contributed by atoms with Crippen LogP contribution < -0.4 is 5.32 Å². The first-order valence-corrected chi connectivity index (χ1v) is 7.72. The monoisotopic (exact) mass is 382 g/mol. The van der Waals surface area contributed by atoms with Crippen LogP contribution in [0.25, 0.3) is 0 Å². The Bertz CT molecular complexity index is 570. The fourth-order valence-corrected chi connectivity index (χ4v) is 3.06. The molecule has 0 spiro atoms. The van der Waals surface area contributed by atoms with Gasteiger partial charge in [0.15, 0.2) is 0 Å². The second-order valence-electron chi connectivity index (χ2n) is 4.53. The highest BCUT2D eigenvalue weighted by Crippen LogP contribution is 2.28. The molecule has 19 heavy (non-hydrogen) atoms. The normalized spacial score (nSPS) is 12.4. The molecule has 0 amide bonds. The maximum Gasteiger partial charge on any atom is 0.0410 e. The molecule has 2 nitrogen and oxygen atoms in total. The van der Waals surface area contributed by atoms with Crippen molar-refractivity contribution in [1.82, 2.24) is 10.3 Å². The van der Waals surface area contributed by atoms with Gasteiger partial charge in [0.25, 0.3) is 0 Å². The van der Waals surface area contributed by atoms with Crippen molar-refractivity contribution in [3.05, 3.63) is 62.3 Å². The Morgan fingerprint density at radius 2 is 2.05 bits per heavy atom. The number of aromatic nitrogens is 1. The molecule has 2 rings (SSSR count). The molecule has 100 valence electrons. The van der Waals surface area contributed by atoms with E-state index >= 15 is 0 Å². The van der Waals surface area contributed by atoms with Gasteiger partial charge in [-0.05, 0) is 59.1 Å². The standard InChI is InChI=1S/C15H16Br2N2/c1-10-4-3-5-13(15(10)17)14(18-2)7-11-6-12(16)9-19-8-11/h3-6,8-9,14,18H,7H2,1-2H3. The molecule has 1 N–H and O–H groups in total. The van der Waals surface area contributed by atoms with Gasteiger partial charge < -0.3 is 5.32 Å². The van der Waals surface area contributed by atoms with Gasteiger partial charge in [-0.15, -0.1) is 0 Å². The number of nitrogens with zero attached hydrogens (tertiary/aromatic N) is 1. The highest BCUT2D eigenvalue weighted by atomic mass is 79.9. The molecule has 0 saturated heterocycles. The highest BCUT2D eigenvalue weighted by Gasteiger charge is 2.14. The van der Waals surface area contributed by atoms with Crippen LogP contribution in [-0.4, -0.2) is 12.0 Å². The van der Waals surface area contributed by atoms with Crippen LogP contribution in [0.3, 0.4) is 0 Å². The molecule has 0 fully saturated rings. The number of hydrogen-bond donors (Lipinski definition) is 1. The molecule has 0 aliphatic rings. The lowest BCUT2D eigenvalue weighted by atomic mass is 9.98. The van der Waals surface area contributed by atoms with Crippen LogP contribution >= 0.6 is 31.9 Å². The Kier molecular flexibility index (Phi) is 5.13. The Morgan fingerprint density at radius 3 is 2.74 bits per heavy atom. The summed E-state index contributed by atoms with van der Waals surface area (Å²) in [6.45, 7) is 2.11. The molecule has 4 heteroatoms. The lowest BCUT2D eigenvalue weighted by molar-refractivity contribution is 0.588. The molecule has 0 aliphatic heterocycles. The van der Waals surface area contributed by atoms with E-state index in [1.54, 1.807) is 6.20 Å². The molecular formula is C15H16Br2N2. The van der Waals surface area contributed by atoms with Gasteiger partial charge in [0, 0.05) is 27.4 Å². The van der Waals surface area contributed by atoms with Crippen molar-refractivity contribution in [2.45, 2.75) is 19.4 Å². The maximum absolute atomic E-state index is 4.22. The summed E-state index contributed by atoms with van der Waals surface area (Å²) in [5.74, 6) is 0. The number of rotatable bonds is 4. The topological polar surface area (TPSA) is 24.9 Å². The summed E-state index contributed by atoms with van der Waals surface area (Å²) in [7, 11) is 1.99. The average molecular weight is 384 g/mol. The molecular weight excluding hydrogens is 368 g/mol. The van der Waals surface area contributed by atoms with E-state index < -0.39 is 0 Å². The van der Waals surface area contributed by atoms with E-state index in [1.807, 2.05) is 13.2 Å². The summed E-state index contributed by atoms with van der Waals surface area (Å²) in [4.78, 5) is 4.22. The Morgan fingerprint density at radius 1 is 1.26 bits per heavy atom. The fraction of sp³-hybridized carbons (Fsp3) is 0.267. The van der Waals surface area contributed by atoms with Crippen molar-refractivity contribution in [2.24, 2.45) is 0 Å². The smallest absolute Gasteiger partial charge is 0.0410 e. The molecule has 2 aromatic rings. The predicted molar refractivity (Wildman–Crippen MR) is 86.3 cm³/mol. The van der Waals surface area contributed by atoms with E-state index in [9.17, 15) is 0 Å². The van der Waals surface area contributed by atoms with Crippen molar-refractivity contribution in [3.63, 3.8) is 0 Å². The Balaban J connectivity index is 2.28. The van der Waals surface area contributed by atoms with Crippen LogP contribution in [0.2, 0.25) is 0 Å². The summed E-state index contributed by atoms with van der Waals surface area (Å²) in [5.41, 5.74) is 3.75. The van der Waals surface area contributed by atoms with Crippen LogP contribution in [-0.2, 0) is 6.42 Å². The van der Waals surface area contributed by atoms with Crippen LogP contribution in [0.1, 0.15) is 22.7 Å². The molecule has 1 unspecified atom stereocenters. The zero-order chi connectivity index (χ0) is 13.8. The molecule has 1 aromatic carbocycles. The van der Waals surface area contributed by atoms with Gasteiger partial charge in [-0.1, -0.05) is 34.1 Å². The minimum Gasteiger partial charge on any atom is -0.313 e. The number of benzene rings is 1. The number of nitrogens with one attached hydrogen (secondary N) is 1. The molecule has 0 saturated carbocycles. The Labute approximate surface area is 130 Å². The fourth-order valence-electron chi connectivity index (χ4n) is 2.11. The largest absolute Gasteiger partial charge is 0.313 e. The zero-order valence-electron chi connectivity index (χ0n) is 11.0. The van der Waals surface area contributed by atoms with E-state index in [-0.39, 0.29) is 6.04 Å². The third-order valence-corrected chi connectivity index (χ3v) is 4.66. The van der Waals surface area contributed by atoms with Crippen molar-refractivity contribution < 1.29 is 0 Å². The van der Waals surface area contributed by atoms with Gasteiger partial charge in [0.05, 0.1) is 0 Å². The van der Waals surface area contributed by atoms with E-state index in [0.717, 1.165) is 10.9 Å². The minimum atomic E-state index is 0.269. The number of likely N-dealkylation sites (N-methyl/N-ethyl adjacent to an activating group) is 1. The second-order valence-corrected chi connectivity index (χ2v) is 6.24. The van der Waals surface area contributed by atoms with Crippen LogP contribution in [0, 0.1) is 6.92 Å². The number of hydrogen-bond acceptors (Lipinski definition) is 2. The van der Waals surface area contributed by atoms with Crippen LogP contribution in [0.15, 0.2) is 45.6 Å². The number of aryl methyl sites for hydroxylation is 1. The summed E-state index contributed by atoms with van der Waals surface area (Å²) in [5, 5.41) is 3.38. The maximum atomic E-state index is 4.22. The first-order chi connectivity index (χ1) is 9.11. The van der Waals surface area contributed by atoms with Gasteiger partial charge >= 0.3 is 0 Å². The summed E-state index contributed by atoms with van der Waals surface area (Å²) >= 11 is 7.15. The van der Waals surface area contributed by atoms with Gasteiger partial charge in [0.2, 0.25) is 0 Å². The zero-order valence-corrected chi connectivity index (χ0v) is 14.1. The molecule has 1 atom stereocenters. The average Bonchev–Trinajstić information content (AvgIpc) is 2.40. The van der Waals surface area contributed by atoms with Crippen molar-refractivity contribution in [1.29, 1.82) is 0 Å². The SMILES string of the molecule is CNC(Cc1cncc(Br)c1)c1cccc(C)c1Br. The number of halogens is 2. The van der Waals surface area contributed by atoms with Crippen molar-refractivity contribution in [2.75, 3.05) is 7.05 Å². The van der Waals surface area contributed by atoms with E-state index in [1.165, 1.54) is 21.2 Å². The summed E-state index contributed by atoms with van der Waals surface area (Å²) < 4.78 is 2.19. The first-order valence-electron chi connectivity index (χ1n) is 6.13.